The summed E-state index contributed by atoms with van der Waals surface area (Å²) in [6, 6.07) is 7.90. The molecular weight excluding hydrogens is 304 g/mol. The largest absolute Gasteiger partial charge is 0.497 e. The standard InChI is InChI=1S/C19H26N2O3/c1-14(22)20-9-7-16-11-19(23)21(10-8-17(16)13-20)12-15-3-5-18(24-2)6-4-15/h3-6,16-17H,7-13H2,1-2H3/t16-,17-/m0/s1. The molecule has 5 nitrogen and oxygen atoms in total. The van der Waals surface area contributed by atoms with Crippen LogP contribution in [0.1, 0.15) is 31.7 Å². The lowest BCUT2D eigenvalue weighted by Gasteiger charge is -2.36. The van der Waals surface area contributed by atoms with E-state index in [4.69, 9.17) is 4.74 Å². The van der Waals surface area contributed by atoms with Gasteiger partial charge in [-0.05, 0) is 42.4 Å². The van der Waals surface area contributed by atoms with Crippen molar-refractivity contribution in [1.29, 1.82) is 0 Å². The molecule has 0 aliphatic carbocycles. The van der Waals surface area contributed by atoms with E-state index in [1.807, 2.05) is 34.1 Å². The second-order valence-corrected chi connectivity index (χ2v) is 6.93. The topological polar surface area (TPSA) is 49.9 Å². The Morgan fingerprint density at radius 3 is 2.54 bits per heavy atom. The van der Waals surface area contributed by atoms with E-state index in [1.165, 1.54) is 0 Å². The lowest BCUT2D eigenvalue weighted by Crippen LogP contribution is -2.42. The minimum absolute atomic E-state index is 0.152. The van der Waals surface area contributed by atoms with Gasteiger partial charge in [0.2, 0.25) is 11.8 Å². The average molecular weight is 330 g/mol. The van der Waals surface area contributed by atoms with Crippen molar-refractivity contribution in [2.24, 2.45) is 11.8 Å². The van der Waals surface area contributed by atoms with Crippen molar-refractivity contribution in [3.63, 3.8) is 0 Å². The summed E-state index contributed by atoms with van der Waals surface area (Å²) < 4.78 is 5.18. The molecule has 2 atom stereocenters. The maximum absolute atomic E-state index is 12.6. The Bertz CT molecular complexity index is 599. The van der Waals surface area contributed by atoms with Crippen molar-refractivity contribution >= 4 is 11.8 Å². The normalized spacial score (nSPS) is 24.3. The number of likely N-dealkylation sites (tertiary alicyclic amines) is 2. The number of piperidine rings is 1. The van der Waals surface area contributed by atoms with Crippen LogP contribution in [-0.4, -0.2) is 48.4 Å². The first kappa shape index (κ1) is 16.8. The Kier molecular flexibility index (Phi) is 5.07. The van der Waals surface area contributed by atoms with E-state index >= 15 is 0 Å². The molecule has 2 fully saturated rings. The fourth-order valence-electron chi connectivity index (χ4n) is 3.88. The van der Waals surface area contributed by atoms with Crippen LogP contribution in [0.25, 0.3) is 0 Å². The molecule has 0 saturated carbocycles. The predicted molar refractivity (Wildman–Crippen MR) is 91.5 cm³/mol. The number of benzene rings is 1. The second kappa shape index (κ2) is 7.24. The molecule has 2 saturated heterocycles. The van der Waals surface area contributed by atoms with Gasteiger partial charge in [-0.2, -0.15) is 0 Å². The van der Waals surface area contributed by atoms with Crippen LogP contribution in [-0.2, 0) is 16.1 Å². The highest BCUT2D eigenvalue weighted by Gasteiger charge is 2.35. The highest BCUT2D eigenvalue weighted by molar-refractivity contribution is 5.77. The SMILES string of the molecule is COc1ccc(CN2CC[C@H]3CN(C(C)=O)CC[C@H]3CC2=O)cc1. The molecule has 24 heavy (non-hydrogen) atoms. The molecule has 2 amide bonds. The number of fused-ring (bicyclic) bond motifs is 1. The zero-order valence-electron chi connectivity index (χ0n) is 14.5. The number of amides is 2. The van der Waals surface area contributed by atoms with Crippen molar-refractivity contribution in [2.75, 3.05) is 26.7 Å². The Hall–Kier alpha value is -2.04. The van der Waals surface area contributed by atoms with Gasteiger partial charge in [0.25, 0.3) is 0 Å². The first-order valence-electron chi connectivity index (χ1n) is 8.73. The summed E-state index contributed by atoms with van der Waals surface area (Å²) in [5, 5.41) is 0. The van der Waals surface area contributed by atoms with E-state index in [0.29, 0.717) is 24.8 Å². The Labute approximate surface area is 143 Å². The zero-order valence-corrected chi connectivity index (χ0v) is 14.5. The predicted octanol–water partition coefficient (Wildman–Crippen LogP) is 2.30. The fraction of sp³-hybridized carbons (Fsp3) is 0.579. The van der Waals surface area contributed by atoms with Gasteiger partial charge in [-0.15, -0.1) is 0 Å². The second-order valence-electron chi connectivity index (χ2n) is 6.93. The highest BCUT2D eigenvalue weighted by Crippen LogP contribution is 2.32. The maximum atomic E-state index is 12.6. The van der Waals surface area contributed by atoms with Crippen LogP contribution in [0.3, 0.4) is 0 Å². The first-order chi connectivity index (χ1) is 11.6. The molecule has 1 aromatic rings. The van der Waals surface area contributed by atoms with Crippen molar-refractivity contribution < 1.29 is 14.3 Å². The van der Waals surface area contributed by atoms with Crippen LogP contribution in [0.4, 0.5) is 0 Å². The lowest BCUT2D eigenvalue weighted by molar-refractivity contribution is -0.132. The van der Waals surface area contributed by atoms with Crippen LogP contribution in [0.5, 0.6) is 5.75 Å². The van der Waals surface area contributed by atoms with E-state index in [-0.39, 0.29) is 11.8 Å². The number of methoxy groups -OCH3 is 1. The lowest BCUT2D eigenvalue weighted by atomic mass is 9.82. The van der Waals surface area contributed by atoms with Gasteiger partial charge in [0.1, 0.15) is 5.75 Å². The summed E-state index contributed by atoms with van der Waals surface area (Å²) in [6.07, 6.45) is 2.55. The van der Waals surface area contributed by atoms with E-state index in [2.05, 4.69) is 0 Å². The average Bonchev–Trinajstić information content (AvgIpc) is 2.74. The summed E-state index contributed by atoms with van der Waals surface area (Å²) in [5.74, 6) is 2.10. The van der Waals surface area contributed by atoms with Crippen LogP contribution < -0.4 is 4.74 Å². The van der Waals surface area contributed by atoms with Gasteiger partial charge in [-0.1, -0.05) is 12.1 Å². The first-order valence-corrected chi connectivity index (χ1v) is 8.73. The number of hydrogen-bond acceptors (Lipinski definition) is 3. The molecule has 0 radical (unpaired) electrons. The molecule has 2 aliphatic rings. The summed E-state index contributed by atoms with van der Waals surface area (Å²) >= 11 is 0. The molecule has 130 valence electrons. The molecule has 2 aliphatic heterocycles. The van der Waals surface area contributed by atoms with Gasteiger partial charge in [0, 0.05) is 39.5 Å². The minimum Gasteiger partial charge on any atom is -0.497 e. The number of rotatable bonds is 3. The van der Waals surface area contributed by atoms with Crippen LogP contribution in [0.15, 0.2) is 24.3 Å². The van der Waals surface area contributed by atoms with E-state index in [1.54, 1.807) is 14.0 Å². The van der Waals surface area contributed by atoms with Crippen LogP contribution >= 0.6 is 0 Å². The number of carbonyl (C=O) groups is 2. The smallest absolute Gasteiger partial charge is 0.223 e. The molecule has 5 heteroatoms. The van der Waals surface area contributed by atoms with Crippen molar-refractivity contribution in [3.8, 4) is 5.75 Å². The summed E-state index contributed by atoms with van der Waals surface area (Å²) in [7, 11) is 1.65. The van der Waals surface area contributed by atoms with E-state index in [9.17, 15) is 9.59 Å². The van der Waals surface area contributed by atoms with Gasteiger partial charge >= 0.3 is 0 Å². The Morgan fingerprint density at radius 2 is 1.88 bits per heavy atom. The fourth-order valence-corrected chi connectivity index (χ4v) is 3.88. The number of carbonyl (C=O) groups excluding carboxylic acids is 2. The molecule has 0 aromatic heterocycles. The van der Waals surface area contributed by atoms with Crippen molar-refractivity contribution in [3.05, 3.63) is 29.8 Å². The number of nitrogens with zero attached hydrogens (tertiary/aromatic N) is 2. The third-order valence-corrected chi connectivity index (χ3v) is 5.43. The number of hydrogen-bond donors (Lipinski definition) is 0. The van der Waals surface area contributed by atoms with Gasteiger partial charge in [-0.3, -0.25) is 9.59 Å². The third kappa shape index (κ3) is 3.71. The van der Waals surface area contributed by atoms with E-state index in [0.717, 1.165) is 43.8 Å². The molecule has 3 rings (SSSR count). The van der Waals surface area contributed by atoms with Gasteiger partial charge in [-0.25, -0.2) is 0 Å². The molecular formula is C19H26N2O3. The Balaban J connectivity index is 1.64. The van der Waals surface area contributed by atoms with E-state index < -0.39 is 0 Å². The van der Waals surface area contributed by atoms with Gasteiger partial charge in [0.15, 0.2) is 0 Å². The molecule has 1 aromatic carbocycles. The molecule has 0 N–H and O–H groups in total. The summed E-state index contributed by atoms with van der Waals surface area (Å²) in [4.78, 5) is 28.2. The Morgan fingerprint density at radius 1 is 1.17 bits per heavy atom. The molecule has 0 bridgehead atoms. The summed E-state index contributed by atoms with van der Waals surface area (Å²) in [5.41, 5.74) is 1.12. The summed E-state index contributed by atoms with van der Waals surface area (Å²) in [6.45, 7) is 4.67. The molecule has 2 heterocycles. The van der Waals surface area contributed by atoms with Gasteiger partial charge < -0.3 is 14.5 Å². The highest BCUT2D eigenvalue weighted by atomic mass is 16.5. The number of ether oxygens (including phenoxy) is 1. The minimum atomic E-state index is 0.152. The van der Waals surface area contributed by atoms with Gasteiger partial charge in [0.05, 0.1) is 7.11 Å². The van der Waals surface area contributed by atoms with Crippen LogP contribution in [0, 0.1) is 11.8 Å². The maximum Gasteiger partial charge on any atom is 0.223 e. The third-order valence-electron chi connectivity index (χ3n) is 5.43. The van der Waals surface area contributed by atoms with Crippen molar-refractivity contribution in [2.45, 2.75) is 32.7 Å². The van der Waals surface area contributed by atoms with Crippen LogP contribution in [0.2, 0.25) is 0 Å². The monoisotopic (exact) mass is 330 g/mol. The molecule has 0 unspecified atom stereocenters. The van der Waals surface area contributed by atoms with Crippen molar-refractivity contribution in [1.82, 2.24) is 9.80 Å². The zero-order chi connectivity index (χ0) is 17.1. The molecule has 0 spiro atoms. The quantitative estimate of drug-likeness (QED) is 0.854.